The molecule has 0 aliphatic carbocycles. The molecule has 20 heavy (non-hydrogen) atoms. The number of hydrogen-bond donors (Lipinski definition) is 2. The van der Waals surface area contributed by atoms with Crippen molar-refractivity contribution in [3.63, 3.8) is 0 Å². The van der Waals surface area contributed by atoms with E-state index in [4.69, 9.17) is 5.73 Å². The van der Waals surface area contributed by atoms with Crippen LogP contribution in [0.15, 0.2) is 0 Å². The summed E-state index contributed by atoms with van der Waals surface area (Å²) in [5.74, 6) is 0.501. The zero-order valence-electron chi connectivity index (χ0n) is 12.5. The lowest BCUT2D eigenvalue weighted by Gasteiger charge is -2.15. The second-order valence-corrected chi connectivity index (χ2v) is 6.03. The first-order valence-corrected chi connectivity index (χ1v) is 7.93. The number of nitrogens with zero attached hydrogens (tertiary/aromatic N) is 1. The standard InChI is InChI=1S/C15H23N3OS/c1-4-6-7-11(5-2)9-18-15-12(8-16)13(17)14(20-15)10(3)19/h11,18H,4-7,9,17H2,1-3H3. The Hall–Kier alpha value is -1.54. The maximum absolute atomic E-state index is 11.5. The molecule has 0 spiro atoms. The molecule has 0 saturated heterocycles. The van der Waals surface area contributed by atoms with Crippen molar-refractivity contribution in [2.75, 3.05) is 17.6 Å². The van der Waals surface area contributed by atoms with E-state index in [0.29, 0.717) is 22.0 Å². The Morgan fingerprint density at radius 3 is 2.70 bits per heavy atom. The van der Waals surface area contributed by atoms with Gasteiger partial charge in [0.25, 0.3) is 0 Å². The molecule has 5 heteroatoms. The van der Waals surface area contributed by atoms with E-state index in [0.717, 1.165) is 18.0 Å². The van der Waals surface area contributed by atoms with Gasteiger partial charge in [0.15, 0.2) is 5.78 Å². The predicted molar refractivity (Wildman–Crippen MR) is 85.2 cm³/mol. The third-order valence-electron chi connectivity index (χ3n) is 3.47. The first-order chi connectivity index (χ1) is 9.54. The zero-order chi connectivity index (χ0) is 15.1. The number of nitrogens with two attached hydrogens (primary N) is 1. The van der Waals surface area contributed by atoms with E-state index in [1.807, 2.05) is 0 Å². The fourth-order valence-electron chi connectivity index (χ4n) is 2.12. The number of carbonyl (C=O) groups is 1. The summed E-state index contributed by atoms with van der Waals surface area (Å²) >= 11 is 1.29. The molecule has 1 heterocycles. The van der Waals surface area contributed by atoms with Gasteiger partial charge in [-0.3, -0.25) is 4.79 Å². The van der Waals surface area contributed by atoms with Gasteiger partial charge in [-0.15, -0.1) is 11.3 Å². The van der Waals surface area contributed by atoms with Crippen LogP contribution in [-0.4, -0.2) is 12.3 Å². The fourth-order valence-corrected chi connectivity index (χ4v) is 3.09. The minimum atomic E-state index is -0.0879. The third-order valence-corrected chi connectivity index (χ3v) is 4.74. The van der Waals surface area contributed by atoms with E-state index < -0.39 is 0 Å². The highest BCUT2D eigenvalue weighted by Gasteiger charge is 2.19. The van der Waals surface area contributed by atoms with Crippen molar-refractivity contribution in [1.82, 2.24) is 0 Å². The molecule has 110 valence electrons. The lowest BCUT2D eigenvalue weighted by Crippen LogP contribution is -2.13. The number of thiophene rings is 1. The summed E-state index contributed by atoms with van der Waals surface area (Å²) in [5, 5.41) is 13.2. The van der Waals surface area contributed by atoms with Crippen LogP contribution in [-0.2, 0) is 0 Å². The summed E-state index contributed by atoms with van der Waals surface area (Å²) in [6, 6.07) is 2.09. The number of nitrogen functional groups attached to an aromatic ring is 1. The highest BCUT2D eigenvalue weighted by Crippen LogP contribution is 2.35. The van der Waals surface area contributed by atoms with Gasteiger partial charge in [-0.1, -0.05) is 33.1 Å². The molecule has 1 unspecified atom stereocenters. The average Bonchev–Trinajstić information content (AvgIpc) is 2.75. The normalized spacial score (nSPS) is 11.9. The molecule has 4 nitrogen and oxygen atoms in total. The van der Waals surface area contributed by atoms with Gasteiger partial charge in [0.1, 0.15) is 16.6 Å². The van der Waals surface area contributed by atoms with Crippen LogP contribution in [0.25, 0.3) is 0 Å². The topological polar surface area (TPSA) is 78.9 Å². The van der Waals surface area contributed by atoms with Crippen LogP contribution in [0.4, 0.5) is 10.7 Å². The molecule has 0 aliphatic heterocycles. The average molecular weight is 293 g/mol. The zero-order valence-corrected chi connectivity index (χ0v) is 13.3. The quantitative estimate of drug-likeness (QED) is 0.709. The van der Waals surface area contributed by atoms with E-state index >= 15 is 0 Å². The Kier molecular flexibility index (Phi) is 6.53. The highest BCUT2D eigenvalue weighted by atomic mass is 32.1. The minimum Gasteiger partial charge on any atom is -0.396 e. The Morgan fingerprint density at radius 2 is 2.20 bits per heavy atom. The van der Waals surface area contributed by atoms with Crippen molar-refractivity contribution >= 4 is 27.8 Å². The van der Waals surface area contributed by atoms with Crippen LogP contribution in [0.3, 0.4) is 0 Å². The monoisotopic (exact) mass is 293 g/mol. The Bertz CT molecular complexity index is 502. The molecule has 0 saturated carbocycles. The number of ketones is 1. The summed E-state index contributed by atoms with van der Waals surface area (Å²) in [5.41, 5.74) is 6.58. The molecule has 1 rings (SSSR count). The van der Waals surface area contributed by atoms with Crippen molar-refractivity contribution in [2.45, 2.75) is 46.5 Å². The number of rotatable bonds is 8. The molecule has 0 bridgehead atoms. The van der Waals surface area contributed by atoms with Crippen LogP contribution < -0.4 is 11.1 Å². The SMILES string of the molecule is CCCCC(CC)CNc1sc(C(C)=O)c(N)c1C#N. The van der Waals surface area contributed by atoms with Crippen molar-refractivity contribution in [3.05, 3.63) is 10.4 Å². The lowest BCUT2D eigenvalue weighted by molar-refractivity contribution is 0.102. The summed E-state index contributed by atoms with van der Waals surface area (Å²) in [7, 11) is 0. The Labute approximate surface area is 125 Å². The summed E-state index contributed by atoms with van der Waals surface area (Å²) in [4.78, 5) is 12.0. The predicted octanol–water partition coefficient (Wildman–Crippen LogP) is 4.03. The van der Waals surface area contributed by atoms with E-state index in [2.05, 4.69) is 25.2 Å². The van der Waals surface area contributed by atoms with Gasteiger partial charge in [-0.25, -0.2) is 0 Å². The van der Waals surface area contributed by atoms with Gasteiger partial charge >= 0.3 is 0 Å². The number of anilines is 2. The van der Waals surface area contributed by atoms with Crippen molar-refractivity contribution in [1.29, 1.82) is 5.26 Å². The number of nitrogens with one attached hydrogen (secondary N) is 1. The molecule has 0 aliphatic rings. The molecule has 0 radical (unpaired) electrons. The fraction of sp³-hybridized carbons (Fsp3) is 0.600. The maximum Gasteiger partial charge on any atom is 0.171 e. The van der Waals surface area contributed by atoms with E-state index in [1.54, 1.807) is 0 Å². The highest BCUT2D eigenvalue weighted by molar-refractivity contribution is 7.18. The van der Waals surface area contributed by atoms with E-state index in [1.165, 1.54) is 37.5 Å². The van der Waals surface area contributed by atoms with Crippen molar-refractivity contribution in [3.8, 4) is 6.07 Å². The Morgan fingerprint density at radius 1 is 1.50 bits per heavy atom. The lowest BCUT2D eigenvalue weighted by atomic mass is 9.99. The first-order valence-electron chi connectivity index (χ1n) is 7.12. The number of carbonyl (C=O) groups excluding carboxylic acids is 1. The van der Waals surface area contributed by atoms with E-state index in [-0.39, 0.29) is 5.78 Å². The molecule has 3 N–H and O–H groups in total. The van der Waals surface area contributed by atoms with Gasteiger partial charge < -0.3 is 11.1 Å². The summed E-state index contributed by atoms with van der Waals surface area (Å²) in [6.07, 6.45) is 4.70. The van der Waals surface area contributed by atoms with Gasteiger partial charge in [0.2, 0.25) is 0 Å². The van der Waals surface area contributed by atoms with Gasteiger partial charge in [-0.05, 0) is 12.3 Å². The smallest absolute Gasteiger partial charge is 0.171 e. The van der Waals surface area contributed by atoms with Crippen LogP contribution in [0.2, 0.25) is 0 Å². The second-order valence-electron chi connectivity index (χ2n) is 5.01. The minimum absolute atomic E-state index is 0.0879. The number of Topliss-reactive ketones (excluding diaryl/α,β-unsaturated/α-hetero) is 1. The molecule has 0 fully saturated rings. The molecule has 1 aromatic rings. The summed E-state index contributed by atoms with van der Waals surface area (Å²) < 4.78 is 0. The molecule has 1 aromatic heterocycles. The van der Waals surface area contributed by atoms with Gasteiger partial charge in [0.05, 0.1) is 10.6 Å². The first kappa shape index (κ1) is 16.5. The summed E-state index contributed by atoms with van der Waals surface area (Å²) in [6.45, 7) is 6.66. The van der Waals surface area contributed by atoms with Crippen LogP contribution in [0, 0.1) is 17.2 Å². The van der Waals surface area contributed by atoms with E-state index in [9.17, 15) is 10.1 Å². The van der Waals surface area contributed by atoms with Crippen LogP contribution in [0.1, 0.15) is 61.7 Å². The van der Waals surface area contributed by atoms with Crippen LogP contribution in [0.5, 0.6) is 0 Å². The van der Waals surface area contributed by atoms with Gasteiger partial charge in [-0.2, -0.15) is 5.26 Å². The largest absolute Gasteiger partial charge is 0.396 e. The van der Waals surface area contributed by atoms with Gasteiger partial charge in [0, 0.05) is 13.5 Å². The molecule has 0 aromatic carbocycles. The second kappa shape index (κ2) is 7.91. The molecule has 0 amide bonds. The number of hydrogen-bond acceptors (Lipinski definition) is 5. The third kappa shape index (κ3) is 3.97. The van der Waals surface area contributed by atoms with Crippen molar-refractivity contribution in [2.24, 2.45) is 5.92 Å². The molecule has 1 atom stereocenters. The number of unbranched alkanes of at least 4 members (excludes halogenated alkanes) is 1. The maximum atomic E-state index is 11.5. The van der Waals surface area contributed by atoms with Crippen molar-refractivity contribution < 1.29 is 4.79 Å². The van der Waals surface area contributed by atoms with Crippen LogP contribution >= 0.6 is 11.3 Å². The molecular formula is C15H23N3OS. The Balaban J connectivity index is 2.79. The number of nitriles is 1. The molecular weight excluding hydrogens is 270 g/mol.